The Morgan fingerprint density at radius 2 is 1.88 bits per heavy atom. The summed E-state index contributed by atoms with van der Waals surface area (Å²) in [5.74, 6) is -0.159. The third-order valence-electron chi connectivity index (χ3n) is 5.46. The first-order chi connectivity index (χ1) is 15.5. The van der Waals surface area contributed by atoms with Crippen molar-refractivity contribution in [3.8, 4) is 17.0 Å². The van der Waals surface area contributed by atoms with Crippen LogP contribution < -0.4 is 15.4 Å². The highest BCUT2D eigenvalue weighted by Crippen LogP contribution is 2.32. The van der Waals surface area contributed by atoms with Crippen molar-refractivity contribution in [1.29, 1.82) is 0 Å². The van der Waals surface area contributed by atoms with Crippen molar-refractivity contribution < 1.29 is 13.5 Å². The lowest BCUT2D eigenvalue weighted by atomic mass is 10.1. The van der Waals surface area contributed by atoms with Crippen molar-refractivity contribution in [3.63, 3.8) is 0 Å². The van der Waals surface area contributed by atoms with Gasteiger partial charge in [-0.2, -0.15) is 5.10 Å². The van der Waals surface area contributed by atoms with Gasteiger partial charge in [-0.25, -0.2) is 23.7 Å². The molecule has 0 spiro atoms. The third-order valence-corrected chi connectivity index (χ3v) is 5.46. The molecule has 0 unspecified atom stereocenters. The van der Waals surface area contributed by atoms with Gasteiger partial charge in [0, 0.05) is 56.9 Å². The van der Waals surface area contributed by atoms with Crippen molar-refractivity contribution >= 4 is 22.7 Å². The standard InChI is InChI=1S/C22H21F2N7O/c1-30-12-13(10-27-30)21-22(29-17-9-20(25)26-11-18(17)28-21)31-6-4-15(5-7-31)32-19-3-2-14(23)8-16(19)24/h2-3,8-12,15H,4-7H2,1H3,(H2,25,26). The van der Waals surface area contributed by atoms with Gasteiger partial charge in [-0.1, -0.05) is 0 Å². The number of nitrogens with zero attached hydrogens (tertiary/aromatic N) is 6. The van der Waals surface area contributed by atoms with E-state index in [1.54, 1.807) is 23.1 Å². The minimum absolute atomic E-state index is 0.0642. The molecule has 3 aromatic heterocycles. The summed E-state index contributed by atoms with van der Waals surface area (Å²) < 4.78 is 34.6. The molecule has 1 aliphatic heterocycles. The Balaban J connectivity index is 1.41. The minimum atomic E-state index is -0.696. The summed E-state index contributed by atoms with van der Waals surface area (Å²) in [6.45, 7) is 1.28. The molecule has 164 valence electrons. The molecule has 1 aromatic carbocycles. The monoisotopic (exact) mass is 437 g/mol. The molecule has 0 saturated carbocycles. The molecule has 4 aromatic rings. The Morgan fingerprint density at radius 1 is 1.06 bits per heavy atom. The third kappa shape index (κ3) is 3.91. The van der Waals surface area contributed by atoms with E-state index in [1.165, 1.54) is 12.1 Å². The largest absolute Gasteiger partial charge is 0.487 e. The van der Waals surface area contributed by atoms with Gasteiger partial charge in [0.15, 0.2) is 17.4 Å². The van der Waals surface area contributed by atoms with Crippen molar-refractivity contribution in [1.82, 2.24) is 24.7 Å². The molecule has 0 atom stereocenters. The molecule has 2 N–H and O–H groups in total. The topological polar surface area (TPSA) is 95.0 Å². The van der Waals surface area contributed by atoms with E-state index in [4.69, 9.17) is 20.4 Å². The average molecular weight is 437 g/mol. The fraction of sp³-hybridized carbons (Fsp3) is 0.273. The first-order valence-electron chi connectivity index (χ1n) is 10.3. The zero-order chi connectivity index (χ0) is 22.2. The molecule has 1 fully saturated rings. The highest BCUT2D eigenvalue weighted by Gasteiger charge is 2.26. The van der Waals surface area contributed by atoms with Crippen molar-refractivity contribution in [2.24, 2.45) is 7.05 Å². The Labute approximate surface area is 182 Å². The fourth-order valence-corrected chi connectivity index (χ4v) is 3.86. The molecule has 8 nitrogen and oxygen atoms in total. The van der Waals surface area contributed by atoms with E-state index in [0.29, 0.717) is 48.5 Å². The van der Waals surface area contributed by atoms with E-state index >= 15 is 0 Å². The Bertz CT molecular complexity index is 1280. The van der Waals surface area contributed by atoms with E-state index in [9.17, 15) is 8.78 Å². The highest BCUT2D eigenvalue weighted by molar-refractivity contribution is 5.84. The van der Waals surface area contributed by atoms with Crippen LogP contribution in [-0.2, 0) is 7.05 Å². The molecule has 32 heavy (non-hydrogen) atoms. The summed E-state index contributed by atoms with van der Waals surface area (Å²) in [6.07, 6.45) is 6.37. The summed E-state index contributed by atoms with van der Waals surface area (Å²) in [4.78, 5) is 15.9. The zero-order valence-electron chi connectivity index (χ0n) is 17.4. The predicted octanol–water partition coefficient (Wildman–Crippen LogP) is 3.33. The lowest BCUT2D eigenvalue weighted by molar-refractivity contribution is 0.163. The number of anilines is 2. The number of rotatable bonds is 4. The fourth-order valence-electron chi connectivity index (χ4n) is 3.86. The number of halogens is 2. The molecule has 5 rings (SSSR count). The van der Waals surface area contributed by atoms with Crippen LogP contribution in [0.15, 0.2) is 42.9 Å². The van der Waals surface area contributed by atoms with Crippen LogP contribution >= 0.6 is 0 Å². The maximum absolute atomic E-state index is 14.0. The van der Waals surface area contributed by atoms with E-state index in [-0.39, 0.29) is 11.9 Å². The van der Waals surface area contributed by atoms with Crippen LogP contribution in [0.1, 0.15) is 12.8 Å². The molecule has 0 aliphatic carbocycles. The summed E-state index contributed by atoms with van der Waals surface area (Å²) in [5.41, 5.74) is 8.70. The maximum atomic E-state index is 14.0. The summed E-state index contributed by atoms with van der Waals surface area (Å²) >= 11 is 0. The number of nitrogen functional groups attached to an aromatic ring is 1. The van der Waals surface area contributed by atoms with Crippen molar-refractivity contribution in [3.05, 3.63) is 54.5 Å². The average Bonchev–Trinajstić information content (AvgIpc) is 3.21. The number of ether oxygens (including phenoxy) is 1. The minimum Gasteiger partial charge on any atom is -0.487 e. The Morgan fingerprint density at radius 3 is 2.59 bits per heavy atom. The molecule has 0 amide bonds. The molecule has 0 bridgehead atoms. The maximum Gasteiger partial charge on any atom is 0.167 e. The lowest BCUT2D eigenvalue weighted by Gasteiger charge is -2.33. The Kier molecular flexibility index (Phi) is 5.04. The van der Waals surface area contributed by atoms with Crippen LogP contribution in [0.2, 0.25) is 0 Å². The molecule has 10 heteroatoms. The Hall–Kier alpha value is -3.82. The first kappa shape index (κ1) is 20.1. The van der Waals surface area contributed by atoms with Crippen LogP contribution in [0, 0.1) is 11.6 Å². The second-order valence-corrected chi connectivity index (χ2v) is 7.78. The smallest absolute Gasteiger partial charge is 0.167 e. The van der Waals surface area contributed by atoms with Crippen LogP contribution in [0.25, 0.3) is 22.3 Å². The van der Waals surface area contributed by atoms with Crippen LogP contribution in [-0.4, -0.2) is 43.9 Å². The van der Waals surface area contributed by atoms with Gasteiger partial charge in [-0.15, -0.1) is 0 Å². The summed E-state index contributed by atoms with van der Waals surface area (Å²) in [5, 5.41) is 4.26. The number of piperidine rings is 1. The molecular weight excluding hydrogens is 416 g/mol. The van der Waals surface area contributed by atoms with Crippen LogP contribution in [0.3, 0.4) is 0 Å². The number of aromatic nitrogens is 5. The number of benzene rings is 1. The number of hydrogen-bond acceptors (Lipinski definition) is 7. The van der Waals surface area contributed by atoms with Gasteiger partial charge < -0.3 is 15.4 Å². The second-order valence-electron chi connectivity index (χ2n) is 7.78. The lowest BCUT2D eigenvalue weighted by Crippen LogP contribution is -2.39. The number of fused-ring (bicyclic) bond motifs is 1. The van der Waals surface area contributed by atoms with E-state index in [2.05, 4.69) is 15.0 Å². The first-order valence-corrected chi connectivity index (χ1v) is 10.3. The van der Waals surface area contributed by atoms with Gasteiger partial charge in [0.25, 0.3) is 0 Å². The predicted molar refractivity (Wildman–Crippen MR) is 116 cm³/mol. The number of pyridine rings is 1. The summed E-state index contributed by atoms with van der Waals surface area (Å²) in [6, 6.07) is 5.05. The van der Waals surface area contributed by atoms with Crippen LogP contribution in [0.5, 0.6) is 5.75 Å². The molecular formula is C22H21F2N7O. The van der Waals surface area contributed by atoms with Gasteiger partial charge in [0.1, 0.15) is 28.9 Å². The van der Waals surface area contributed by atoms with Gasteiger partial charge in [0.05, 0.1) is 17.9 Å². The number of hydrogen-bond donors (Lipinski definition) is 1. The normalized spacial score (nSPS) is 14.8. The quantitative estimate of drug-likeness (QED) is 0.523. The van der Waals surface area contributed by atoms with Gasteiger partial charge >= 0.3 is 0 Å². The molecule has 1 aliphatic rings. The molecule has 0 radical (unpaired) electrons. The second kappa shape index (κ2) is 8.03. The summed E-state index contributed by atoms with van der Waals surface area (Å²) in [7, 11) is 1.84. The molecule has 1 saturated heterocycles. The van der Waals surface area contributed by atoms with E-state index < -0.39 is 11.6 Å². The molecule has 4 heterocycles. The zero-order valence-corrected chi connectivity index (χ0v) is 17.4. The van der Waals surface area contributed by atoms with E-state index in [0.717, 1.165) is 17.4 Å². The number of aryl methyl sites for hydroxylation is 1. The number of nitrogens with two attached hydrogens (primary N) is 1. The van der Waals surface area contributed by atoms with Gasteiger partial charge in [-0.05, 0) is 12.1 Å². The highest BCUT2D eigenvalue weighted by atomic mass is 19.1. The van der Waals surface area contributed by atoms with Crippen LogP contribution in [0.4, 0.5) is 20.4 Å². The SMILES string of the molecule is Cn1cc(-c2nc3cnc(N)cc3nc2N2CCC(Oc3ccc(F)cc3F)CC2)cn1. The van der Waals surface area contributed by atoms with E-state index in [1.807, 2.05) is 13.2 Å². The van der Waals surface area contributed by atoms with Gasteiger partial charge in [0.2, 0.25) is 0 Å². The van der Waals surface area contributed by atoms with Gasteiger partial charge in [-0.3, -0.25) is 4.68 Å². The van der Waals surface area contributed by atoms with Crippen molar-refractivity contribution in [2.45, 2.75) is 18.9 Å². The van der Waals surface area contributed by atoms with Crippen molar-refractivity contribution in [2.75, 3.05) is 23.7 Å².